The fraction of sp³-hybridized carbons (Fsp3) is 0.300. The fourth-order valence-corrected chi connectivity index (χ4v) is 2.04. The molecule has 0 saturated heterocycles. The molecular weight excluding hydrogens is 302 g/mol. The van der Waals surface area contributed by atoms with E-state index in [1.54, 1.807) is 27.0 Å². The van der Waals surface area contributed by atoms with Crippen LogP contribution in [0.1, 0.15) is 31.9 Å². The van der Waals surface area contributed by atoms with E-state index in [9.17, 15) is 4.79 Å². The highest BCUT2D eigenvalue weighted by molar-refractivity contribution is 5.82. The summed E-state index contributed by atoms with van der Waals surface area (Å²) in [4.78, 5) is 16.3. The molecule has 0 atom stereocenters. The Hall–Kier alpha value is -2.62. The number of carbonyl (C=O) groups excluding carboxylic acids is 1. The van der Waals surface area contributed by atoms with Gasteiger partial charge in [-0.3, -0.25) is 4.99 Å². The first-order valence-corrected chi connectivity index (χ1v) is 7.98. The first-order chi connectivity index (χ1) is 11.4. The van der Waals surface area contributed by atoms with Crippen LogP contribution in [0, 0.1) is 6.92 Å². The Morgan fingerprint density at radius 1 is 1.08 bits per heavy atom. The van der Waals surface area contributed by atoms with Gasteiger partial charge < -0.3 is 9.47 Å². The van der Waals surface area contributed by atoms with Crippen molar-refractivity contribution in [3.05, 3.63) is 59.7 Å². The molecule has 126 valence electrons. The van der Waals surface area contributed by atoms with Gasteiger partial charge >= 0.3 is 5.97 Å². The van der Waals surface area contributed by atoms with Gasteiger partial charge in [0.2, 0.25) is 0 Å². The van der Waals surface area contributed by atoms with E-state index in [1.807, 2.05) is 55.5 Å². The maximum absolute atomic E-state index is 11.9. The highest BCUT2D eigenvalue weighted by atomic mass is 16.6. The lowest BCUT2D eigenvalue weighted by atomic mass is 10.1. The minimum absolute atomic E-state index is 0.333. The maximum atomic E-state index is 11.9. The second kappa shape index (κ2) is 7.77. The maximum Gasteiger partial charge on any atom is 0.349 e. The highest BCUT2D eigenvalue weighted by Gasteiger charge is 2.31. The average Bonchev–Trinajstić information content (AvgIpc) is 2.55. The van der Waals surface area contributed by atoms with Crippen LogP contribution in [0.5, 0.6) is 5.75 Å². The summed E-state index contributed by atoms with van der Waals surface area (Å²) >= 11 is 0. The molecule has 0 aromatic heterocycles. The van der Waals surface area contributed by atoms with Crippen molar-refractivity contribution in [3.8, 4) is 5.75 Å². The third-order valence-corrected chi connectivity index (χ3v) is 3.42. The van der Waals surface area contributed by atoms with Crippen molar-refractivity contribution >= 4 is 17.9 Å². The molecule has 2 aromatic rings. The highest BCUT2D eigenvalue weighted by Crippen LogP contribution is 2.20. The second-order valence-corrected chi connectivity index (χ2v) is 6.00. The van der Waals surface area contributed by atoms with Gasteiger partial charge in [-0.25, -0.2) is 4.79 Å². The third kappa shape index (κ3) is 4.95. The molecule has 4 nitrogen and oxygen atoms in total. The number of carbonyl (C=O) groups is 1. The second-order valence-electron chi connectivity index (χ2n) is 6.00. The van der Waals surface area contributed by atoms with Gasteiger partial charge in [0, 0.05) is 6.21 Å². The molecule has 0 N–H and O–H groups in total. The van der Waals surface area contributed by atoms with Crippen LogP contribution in [0.2, 0.25) is 0 Å². The first kappa shape index (κ1) is 17.7. The molecule has 0 heterocycles. The number of hydrogen-bond donors (Lipinski definition) is 0. The molecule has 0 aliphatic heterocycles. The van der Waals surface area contributed by atoms with Crippen LogP contribution in [0.25, 0.3) is 0 Å². The number of aliphatic imine (C=N–C) groups is 1. The van der Waals surface area contributed by atoms with Crippen molar-refractivity contribution in [2.45, 2.75) is 33.3 Å². The zero-order valence-electron chi connectivity index (χ0n) is 14.6. The lowest BCUT2D eigenvalue weighted by Gasteiger charge is -2.24. The van der Waals surface area contributed by atoms with E-state index in [4.69, 9.17) is 9.47 Å². The van der Waals surface area contributed by atoms with Gasteiger partial charge in [-0.15, -0.1) is 0 Å². The van der Waals surface area contributed by atoms with Gasteiger partial charge in [-0.05, 0) is 69.7 Å². The van der Waals surface area contributed by atoms with E-state index >= 15 is 0 Å². The number of hydrogen-bond acceptors (Lipinski definition) is 4. The van der Waals surface area contributed by atoms with Gasteiger partial charge in [0.25, 0.3) is 0 Å². The number of rotatable bonds is 6. The summed E-state index contributed by atoms with van der Waals surface area (Å²) < 4.78 is 10.7. The summed E-state index contributed by atoms with van der Waals surface area (Å²) in [5, 5.41) is 0. The number of nitrogens with zero attached hydrogens (tertiary/aromatic N) is 1. The number of esters is 1. The van der Waals surface area contributed by atoms with Crippen LogP contribution < -0.4 is 4.74 Å². The topological polar surface area (TPSA) is 47.9 Å². The van der Waals surface area contributed by atoms with Crippen LogP contribution in [0.15, 0.2) is 53.5 Å². The predicted molar refractivity (Wildman–Crippen MR) is 96.2 cm³/mol. The van der Waals surface area contributed by atoms with Gasteiger partial charge in [0.15, 0.2) is 5.60 Å². The standard InChI is InChI=1S/C20H23NO3/c1-5-23-19(22)20(3,4)24-18-12-8-16(9-13-18)14-21-17-10-6-15(2)7-11-17/h6-14H,5H2,1-4H3. The van der Waals surface area contributed by atoms with Crippen LogP contribution in [-0.4, -0.2) is 24.4 Å². The third-order valence-electron chi connectivity index (χ3n) is 3.42. The summed E-state index contributed by atoms with van der Waals surface area (Å²) in [6, 6.07) is 15.4. The fourth-order valence-electron chi connectivity index (χ4n) is 2.04. The Morgan fingerprint density at radius 2 is 1.71 bits per heavy atom. The number of ether oxygens (including phenoxy) is 2. The first-order valence-electron chi connectivity index (χ1n) is 7.98. The number of benzene rings is 2. The van der Waals surface area contributed by atoms with Crippen LogP contribution in [0.4, 0.5) is 5.69 Å². The largest absolute Gasteiger partial charge is 0.476 e. The lowest BCUT2D eigenvalue weighted by Crippen LogP contribution is -2.39. The average molecular weight is 325 g/mol. The molecule has 0 bridgehead atoms. The minimum atomic E-state index is -1.02. The molecule has 0 aliphatic carbocycles. The van der Waals surface area contributed by atoms with E-state index in [0.29, 0.717) is 12.4 Å². The van der Waals surface area contributed by atoms with Crippen molar-refractivity contribution < 1.29 is 14.3 Å². The van der Waals surface area contributed by atoms with Crippen molar-refractivity contribution in [1.82, 2.24) is 0 Å². The van der Waals surface area contributed by atoms with Gasteiger partial charge in [0.1, 0.15) is 5.75 Å². The molecule has 0 fully saturated rings. The normalized spacial score (nSPS) is 11.5. The monoisotopic (exact) mass is 325 g/mol. The molecule has 0 unspecified atom stereocenters. The van der Waals surface area contributed by atoms with Crippen LogP contribution in [-0.2, 0) is 9.53 Å². The summed E-state index contributed by atoms with van der Waals surface area (Å²) in [5.41, 5.74) is 2.05. The summed E-state index contributed by atoms with van der Waals surface area (Å²) in [6.07, 6.45) is 1.80. The Bertz CT molecular complexity index is 701. The van der Waals surface area contributed by atoms with Crippen molar-refractivity contribution in [2.75, 3.05) is 6.61 Å². The quantitative estimate of drug-likeness (QED) is 0.582. The molecule has 4 heteroatoms. The van der Waals surface area contributed by atoms with Gasteiger partial charge in [-0.1, -0.05) is 17.7 Å². The van der Waals surface area contributed by atoms with Crippen molar-refractivity contribution in [3.63, 3.8) is 0 Å². The van der Waals surface area contributed by atoms with Gasteiger partial charge in [-0.2, -0.15) is 0 Å². The molecule has 2 aromatic carbocycles. The minimum Gasteiger partial charge on any atom is -0.476 e. The van der Waals surface area contributed by atoms with Crippen molar-refractivity contribution in [2.24, 2.45) is 4.99 Å². The number of aryl methyl sites for hydroxylation is 1. The molecule has 0 radical (unpaired) electrons. The molecule has 2 rings (SSSR count). The van der Waals surface area contributed by atoms with E-state index in [1.165, 1.54) is 5.56 Å². The van der Waals surface area contributed by atoms with Crippen LogP contribution >= 0.6 is 0 Å². The van der Waals surface area contributed by atoms with E-state index in [-0.39, 0.29) is 5.97 Å². The van der Waals surface area contributed by atoms with Gasteiger partial charge in [0.05, 0.1) is 12.3 Å². The SMILES string of the molecule is CCOC(=O)C(C)(C)Oc1ccc(C=Nc2ccc(C)cc2)cc1. The molecule has 0 spiro atoms. The molecule has 0 aliphatic rings. The Kier molecular flexibility index (Phi) is 5.74. The Labute approximate surface area is 143 Å². The summed E-state index contributed by atoms with van der Waals surface area (Å²) in [5.74, 6) is 0.232. The van der Waals surface area contributed by atoms with E-state index < -0.39 is 5.60 Å². The Morgan fingerprint density at radius 3 is 2.29 bits per heavy atom. The molecule has 0 amide bonds. The smallest absolute Gasteiger partial charge is 0.349 e. The molecule has 0 saturated carbocycles. The summed E-state index contributed by atoms with van der Waals surface area (Å²) in [7, 11) is 0. The van der Waals surface area contributed by atoms with Crippen molar-refractivity contribution in [1.29, 1.82) is 0 Å². The zero-order chi connectivity index (χ0) is 17.6. The molecular formula is C20H23NO3. The predicted octanol–water partition coefficient (Wildman–Crippen LogP) is 4.47. The van der Waals surface area contributed by atoms with E-state index in [0.717, 1.165) is 11.3 Å². The molecule has 24 heavy (non-hydrogen) atoms. The van der Waals surface area contributed by atoms with E-state index in [2.05, 4.69) is 4.99 Å². The summed E-state index contributed by atoms with van der Waals surface area (Å²) in [6.45, 7) is 7.54. The lowest BCUT2D eigenvalue weighted by molar-refractivity contribution is -0.158. The zero-order valence-corrected chi connectivity index (χ0v) is 14.6. The Balaban J connectivity index is 2.02. The van der Waals surface area contributed by atoms with Crippen LogP contribution in [0.3, 0.4) is 0 Å².